The predicted molar refractivity (Wildman–Crippen MR) is 125 cm³/mol. The van der Waals surface area contributed by atoms with Gasteiger partial charge in [0.25, 0.3) is 0 Å². The van der Waals surface area contributed by atoms with Crippen LogP contribution in [0.25, 0.3) is 31.6 Å². The molecule has 0 atom stereocenters. The topological polar surface area (TPSA) is 61.3 Å². The molecule has 0 saturated carbocycles. The van der Waals surface area contributed by atoms with Crippen LogP contribution in [0.15, 0.2) is 67.0 Å². The van der Waals surface area contributed by atoms with E-state index in [1.54, 1.807) is 17.5 Å². The Kier molecular flexibility index (Phi) is 6.56. The van der Waals surface area contributed by atoms with Crippen molar-refractivity contribution < 1.29 is 13.6 Å². The van der Waals surface area contributed by atoms with Crippen LogP contribution in [0.1, 0.15) is 13.8 Å². The minimum Gasteiger partial charge on any atom is -0.305 e. The summed E-state index contributed by atoms with van der Waals surface area (Å²) >= 11 is 3.14. The first-order valence-corrected chi connectivity index (χ1v) is 12.8. The smallest absolute Gasteiger partial charge is 0.305 e. The molecule has 0 aliphatic heterocycles. The molecule has 5 nitrogen and oxygen atoms in total. The van der Waals surface area contributed by atoms with E-state index in [0.29, 0.717) is 17.8 Å². The molecule has 0 radical (unpaired) electrons. The summed E-state index contributed by atoms with van der Waals surface area (Å²) in [6.07, 6.45) is 3.58. The second kappa shape index (κ2) is 9.33. The molecule has 0 bridgehead atoms. The van der Waals surface area contributed by atoms with Gasteiger partial charge >= 0.3 is 7.60 Å². The van der Waals surface area contributed by atoms with E-state index < -0.39 is 7.60 Å². The molecule has 4 rings (SSSR count). The lowest BCUT2D eigenvalue weighted by Gasteiger charge is -2.14. The average molecular weight is 457 g/mol. The summed E-state index contributed by atoms with van der Waals surface area (Å²) in [5.74, 6) is 0. The second-order valence-corrected chi connectivity index (χ2v) is 10.7. The molecule has 0 amide bonds. The molecule has 154 valence electrons. The van der Waals surface area contributed by atoms with Crippen LogP contribution in [0, 0.1) is 0 Å². The van der Waals surface area contributed by atoms with E-state index >= 15 is 0 Å². The normalized spacial score (nSPS) is 11.7. The molecular weight excluding hydrogens is 435 g/mol. The first kappa shape index (κ1) is 21.1. The third-order valence-electron chi connectivity index (χ3n) is 4.28. The summed E-state index contributed by atoms with van der Waals surface area (Å²) in [6.45, 7) is 4.32. The van der Waals surface area contributed by atoms with Gasteiger partial charge in [-0.2, -0.15) is 0 Å². The summed E-state index contributed by atoms with van der Waals surface area (Å²) in [5, 5.41) is 0. The van der Waals surface area contributed by atoms with E-state index in [0.717, 1.165) is 31.6 Å². The van der Waals surface area contributed by atoms with E-state index in [2.05, 4.69) is 28.2 Å². The largest absolute Gasteiger partial charge is 0.371 e. The van der Waals surface area contributed by atoms with Gasteiger partial charge in [0.1, 0.15) is 4.62 Å². The number of thiophene rings is 2. The van der Waals surface area contributed by atoms with Crippen LogP contribution in [0.2, 0.25) is 0 Å². The van der Waals surface area contributed by atoms with Crippen LogP contribution in [0.5, 0.6) is 0 Å². The van der Waals surface area contributed by atoms with Gasteiger partial charge in [-0.3, -0.25) is 14.5 Å². The second-order valence-electron chi connectivity index (χ2n) is 6.28. The number of aromatic nitrogens is 2. The van der Waals surface area contributed by atoms with Gasteiger partial charge in [-0.05, 0) is 67.9 Å². The van der Waals surface area contributed by atoms with E-state index in [9.17, 15) is 4.57 Å². The van der Waals surface area contributed by atoms with Gasteiger partial charge in [0.2, 0.25) is 0 Å². The van der Waals surface area contributed by atoms with Gasteiger partial charge in [-0.25, -0.2) is 0 Å². The monoisotopic (exact) mass is 456 g/mol. The summed E-state index contributed by atoms with van der Waals surface area (Å²) in [5.41, 5.74) is 2.78. The van der Waals surface area contributed by atoms with Gasteiger partial charge < -0.3 is 9.05 Å². The molecule has 4 heterocycles. The van der Waals surface area contributed by atoms with Crippen LogP contribution in [-0.2, 0) is 13.6 Å². The van der Waals surface area contributed by atoms with Crippen molar-refractivity contribution in [3.8, 4) is 31.6 Å². The van der Waals surface area contributed by atoms with Crippen molar-refractivity contribution in [1.82, 2.24) is 9.97 Å². The lowest BCUT2D eigenvalue weighted by molar-refractivity contribution is 0.230. The van der Waals surface area contributed by atoms with Crippen LogP contribution in [0.4, 0.5) is 0 Å². The lowest BCUT2D eigenvalue weighted by Crippen LogP contribution is -2.06. The highest BCUT2D eigenvalue weighted by Crippen LogP contribution is 2.50. The van der Waals surface area contributed by atoms with Gasteiger partial charge in [0.05, 0.1) is 24.6 Å². The fourth-order valence-electron chi connectivity index (χ4n) is 2.98. The average Bonchev–Trinajstić information content (AvgIpc) is 3.45. The van der Waals surface area contributed by atoms with E-state index in [-0.39, 0.29) is 0 Å². The first-order chi connectivity index (χ1) is 14.6. The minimum absolute atomic E-state index is 0.342. The summed E-state index contributed by atoms with van der Waals surface area (Å²) in [4.78, 5) is 12.1. The highest BCUT2D eigenvalue weighted by Gasteiger charge is 2.29. The van der Waals surface area contributed by atoms with E-state index in [1.165, 1.54) is 11.3 Å². The molecule has 0 aliphatic carbocycles. The van der Waals surface area contributed by atoms with E-state index in [1.807, 2.05) is 56.4 Å². The molecule has 0 N–H and O–H groups in total. The molecule has 0 aromatic carbocycles. The third kappa shape index (κ3) is 4.46. The maximum Gasteiger partial charge on any atom is 0.371 e. The van der Waals surface area contributed by atoms with Crippen molar-refractivity contribution in [3.05, 3.63) is 67.0 Å². The first-order valence-electron chi connectivity index (χ1n) is 9.60. The van der Waals surface area contributed by atoms with E-state index in [4.69, 9.17) is 9.05 Å². The fourth-order valence-corrected chi connectivity index (χ4v) is 7.14. The van der Waals surface area contributed by atoms with Crippen molar-refractivity contribution in [1.29, 1.82) is 0 Å². The van der Waals surface area contributed by atoms with Crippen LogP contribution < -0.4 is 4.62 Å². The van der Waals surface area contributed by atoms with Crippen LogP contribution >= 0.6 is 30.3 Å². The maximum absolute atomic E-state index is 13.0. The SMILES string of the molecule is CCOP(=O)(OCC)c1ccc(-c2ccc(-c3ccnc(-c4ccccn4)c3)s2)s1. The Hall–Kier alpha value is -2.15. The summed E-state index contributed by atoms with van der Waals surface area (Å²) < 4.78 is 24.6. The van der Waals surface area contributed by atoms with Gasteiger partial charge in [0, 0.05) is 27.0 Å². The molecule has 0 fully saturated rings. The standard InChI is InChI=1S/C22H21N2O3PS2/c1-3-26-28(25,27-4-2)22-11-10-21(30-22)20-9-8-19(29-20)16-12-14-24-18(15-16)17-7-5-6-13-23-17/h5-15H,3-4H2,1-2H3. The zero-order valence-electron chi connectivity index (χ0n) is 16.6. The number of hydrogen-bond donors (Lipinski definition) is 0. The Morgan fingerprint density at radius 3 is 2.23 bits per heavy atom. The maximum atomic E-state index is 13.0. The predicted octanol–water partition coefficient (Wildman–Crippen LogP) is 6.49. The van der Waals surface area contributed by atoms with Crippen molar-refractivity contribution in [2.24, 2.45) is 0 Å². The van der Waals surface area contributed by atoms with Gasteiger partial charge in [-0.15, -0.1) is 22.7 Å². The quantitative estimate of drug-likeness (QED) is 0.284. The summed E-state index contributed by atoms with van der Waals surface area (Å²) in [6, 6.07) is 17.9. The Labute approximate surface area is 183 Å². The van der Waals surface area contributed by atoms with Crippen LogP contribution in [0.3, 0.4) is 0 Å². The minimum atomic E-state index is -3.26. The zero-order chi connectivity index (χ0) is 21.0. The molecule has 4 aromatic heterocycles. The Morgan fingerprint density at radius 1 is 0.800 bits per heavy atom. The molecule has 0 saturated heterocycles. The zero-order valence-corrected chi connectivity index (χ0v) is 19.2. The Bertz CT molecular complexity index is 1160. The van der Waals surface area contributed by atoms with Gasteiger partial charge in [-0.1, -0.05) is 6.07 Å². The lowest BCUT2D eigenvalue weighted by atomic mass is 10.1. The van der Waals surface area contributed by atoms with Gasteiger partial charge in [0.15, 0.2) is 0 Å². The van der Waals surface area contributed by atoms with Crippen LogP contribution in [-0.4, -0.2) is 23.2 Å². The summed E-state index contributed by atoms with van der Waals surface area (Å²) in [7, 11) is -3.26. The Balaban J connectivity index is 1.61. The van der Waals surface area contributed by atoms with Crippen molar-refractivity contribution in [2.45, 2.75) is 13.8 Å². The Morgan fingerprint density at radius 2 is 1.50 bits per heavy atom. The number of nitrogens with zero attached hydrogens (tertiary/aromatic N) is 2. The highest BCUT2D eigenvalue weighted by molar-refractivity contribution is 7.69. The molecule has 8 heteroatoms. The number of hydrogen-bond acceptors (Lipinski definition) is 7. The molecule has 0 spiro atoms. The number of pyridine rings is 2. The fraction of sp³-hybridized carbons (Fsp3) is 0.182. The highest BCUT2D eigenvalue weighted by atomic mass is 32.1. The third-order valence-corrected chi connectivity index (χ3v) is 9.33. The van der Waals surface area contributed by atoms with Crippen molar-refractivity contribution in [2.75, 3.05) is 13.2 Å². The molecule has 30 heavy (non-hydrogen) atoms. The molecule has 4 aromatic rings. The molecule has 0 unspecified atom stereocenters. The van der Waals surface area contributed by atoms with Crippen molar-refractivity contribution >= 4 is 34.9 Å². The number of rotatable bonds is 8. The molecule has 0 aliphatic rings. The molecular formula is C22H21N2O3PS2. The van der Waals surface area contributed by atoms with Crippen molar-refractivity contribution in [3.63, 3.8) is 0 Å².